The van der Waals surface area contributed by atoms with Gasteiger partial charge in [0.05, 0.1) is 28.6 Å². The molecule has 1 saturated heterocycles. The summed E-state index contributed by atoms with van der Waals surface area (Å²) in [6, 6.07) is 2.85. The summed E-state index contributed by atoms with van der Waals surface area (Å²) in [4.78, 5) is 39.0. The number of hydrogen-bond donors (Lipinski definition) is 0. The van der Waals surface area contributed by atoms with Crippen molar-refractivity contribution in [2.45, 2.75) is 45.4 Å². The number of benzene rings is 1. The molecule has 26 heavy (non-hydrogen) atoms. The van der Waals surface area contributed by atoms with Gasteiger partial charge in [-0.25, -0.2) is 4.79 Å². The van der Waals surface area contributed by atoms with Gasteiger partial charge in [-0.15, -0.1) is 0 Å². The number of carbonyl (C=O) groups excluding carboxylic acids is 2. The van der Waals surface area contributed by atoms with Gasteiger partial charge < -0.3 is 14.5 Å². The molecule has 1 aromatic rings. The number of fused-ring (bicyclic) bond motifs is 1. The summed E-state index contributed by atoms with van der Waals surface area (Å²) in [7, 11) is 0. The smallest absolute Gasteiger partial charge is 0.410 e. The van der Waals surface area contributed by atoms with Crippen LogP contribution in [0.1, 0.15) is 43.1 Å². The molecule has 2 amide bonds. The van der Waals surface area contributed by atoms with E-state index in [1.807, 2.05) is 0 Å². The highest BCUT2D eigenvalue weighted by molar-refractivity contribution is 9.10. The van der Waals surface area contributed by atoms with E-state index in [0.717, 1.165) is 0 Å². The second kappa shape index (κ2) is 6.53. The van der Waals surface area contributed by atoms with Crippen molar-refractivity contribution in [3.05, 3.63) is 37.8 Å². The van der Waals surface area contributed by atoms with Gasteiger partial charge in [0.1, 0.15) is 5.60 Å². The normalized spacial score (nSPS) is 19.7. The van der Waals surface area contributed by atoms with Crippen molar-refractivity contribution in [3.63, 3.8) is 0 Å². The van der Waals surface area contributed by atoms with Crippen LogP contribution in [0.4, 0.5) is 10.5 Å². The molecule has 1 atom stereocenters. The number of rotatable bonds is 2. The molecule has 0 spiro atoms. The molecule has 0 bridgehead atoms. The predicted molar refractivity (Wildman–Crippen MR) is 96.9 cm³/mol. The molecule has 9 heteroatoms. The Balaban J connectivity index is 1.76. The van der Waals surface area contributed by atoms with E-state index in [1.165, 1.54) is 6.07 Å². The van der Waals surface area contributed by atoms with Crippen molar-refractivity contribution in [1.82, 2.24) is 9.80 Å². The first kappa shape index (κ1) is 18.6. The summed E-state index contributed by atoms with van der Waals surface area (Å²) in [6.45, 7) is 6.45. The summed E-state index contributed by atoms with van der Waals surface area (Å²) >= 11 is 3.23. The van der Waals surface area contributed by atoms with Crippen LogP contribution in [0, 0.1) is 10.1 Å². The minimum Gasteiger partial charge on any atom is -0.444 e. The van der Waals surface area contributed by atoms with E-state index in [9.17, 15) is 19.7 Å². The Kier molecular flexibility index (Phi) is 4.68. The fourth-order valence-electron chi connectivity index (χ4n) is 3.32. The highest BCUT2D eigenvalue weighted by atomic mass is 79.9. The fraction of sp³-hybridized carbons (Fsp3) is 0.529. The van der Waals surface area contributed by atoms with Gasteiger partial charge in [0, 0.05) is 23.6 Å². The third kappa shape index (κ3) is 3.53. The van der Waals surface area contributed by atoms with Gasteiger partial charge in [-0.3, -0.25) is 14.9 Å². The third-order valence-corrected chi connectivity index (χ3v) is 4.92. The molecule has 0 saturated carbocycles. The highest BCUT2D eigenvalue weighted by Gasteiger charge is 2.41. The average molecular weight is 426 g/mol. The van der Waals surface area contributed by atoms with E-state index in [4.69, 9.17) is 4.74 Å². The van der Waals surface area contributed by atoms with Crippen molar-refractivity contribution in [1.29, 1.82) is 0 Å². The number of ether oxygens (including phenoxy) is 1. The Morgan fingerprint density at radius 2 is 2.08 bits per heavy atom. The van der Waals surface area contributed by atoms with Gasteiger partial charge in [0.2, 0.25) is 0 Å². The molecule has 2 heterocycles. The fourth-order valence-corrected chi connectivity index (χ4v) is 3.77. The van der Waals surface area contributed by atoms with Crippen LogP contribution in [0.2, 0.25) is 0 Å². The molecule has 0 aliphatic carbocycles. The first-order chi connectivity index (χ1) is 12.1. The number of likely N-dealkylation sites (tertiary alicyclic amines) is 1. The minimum absolute atomic E-state index is 0.0628. The molecule has 8 nitrogen and oxygen atoms in total. The third-order valence-electron chi connectivity index (χ3n) is 4.46. The lowest BCUT2D eigenvalue weighted by atomic mass is 10.1. The topological polar surface area (TPSA) is 93.0 Å². The first-order valence-electron chi connectivity index (χ1n) is 8.32. The van der Waals surface area contributed by atoms with Crippen molar-refractivity contribution >= 4 is 33.6 Å². The molecule has 1 unspecified atom stereocenters. The Hall–Kier alpha value is -2.16. The van der Waals surface area contributed by atoms with Crippen molar-refractivity contribution in [2.75, 3.05) is 13.1 Å². The van der Waals surface area contributed by atoms with Gasteiger partial charge in [-0.2, -0.15) is 0 Å². The lowest BCUT2D eigenvalue weighted by Crippen LogP contribution is -2.40. The van der Waals surface area contributed by atoms with Gasteiger partial charge in [-0.05, 0) is 33.3 Å². The van der Waals surface area contributed by atoms with E-state index in [0.29, 0.717) is 35.1 Å². The number of amides is 2. The molecule has 0 radical (unpaired) electrons. The van der Waals surface area contributed by atoms with Gasteiger partial charge in [-0.1, -0.05) is 15.9 Å². The Morgan fingerprint density at radius 3 is 2.69 bits per heavy atom. The van der Waals surface area contributed by atoms with Crippen LogP contribution in [-0.4, -0.2) is 51.5 Å². The maximum absolute atomic E-state index is 12.8. The second-order valence-corrected chi connectivity index (χ2v) is 8.43. The Labute approximate surface area is 159 Å². The minimum atomic E-state index is -0.582. The van der Waals surface area contributed by atoms with E-state index in [-0.39, 0.29) is 24.2 Å². The van der Waals surface area contributed by atoms with Crippen molar-refractivity contribution in [2.24, 2.45) is 0 Å². The van der Waals surface area contributed by atoms with Crippen molar-refractivity contribution in [3.8, 4) is 0 Å². The molecule has 1 aromatic carbocycles. The maximum atomic E-state index is 12.8. The molecule has 3 rings (SSSR count). The number of nitro groups is 1. The molecule has 140 valence electrons. The van der Waals surface area contributed by atoms with E-state index in [1.54, 1.807) is 36.6 Å². The summed E-state index contributed by atoms with van der Waals surface area (Å²) in [5.41, 5.74) is 0.134. The van der Waals surface area contributed by atoms with Crippen LogP contribution in [0.5, 0.6) is 0 Å². The van der Waals surface area contributed by atoms with Crippen LogP contribution in [0.3, 0.4) is 0 Å². The van der Waals surface area contributed by atoms with Crippen LogP contribution in [0.15, 0.2) is 16.6 Å². The van der Waals surface area contributed by atoms with Crippen molar-refractivity contribution < 1.29 is 19.2 Å². The van der Waals surface area contributed by atoms with Gasteiger partial charge >= 0.3 is 6.09 Å². The van der Waals surface area contributed by atoms with Gasteiger partial charge in [0.15, 0.2) is 0 Å². The lowest BCUT2D eigenvalue weighted by Gasteiger charge is -2.26. The molecule has 2 aliphatic rings. The number of nitro benzene ring substituents is 1. The van der Waals surface area contributed by atoms with Crippen LogP contribution in [0.25, 0.3) is 0 Å². The van der Waals surface area contributed by atoms with Gasteiger partial charge in [0.25, 0.3) is 11.6 Å². The largest absolute Gasteiger partial charge is 0.444 e. The summed E-state index contributed by atoms with van der Waals surface area (Å²) in [5.74, 6) is -0.236. The zero-order chi connectivity index (χ0) is 19.2. The highest BCUT2D eigenvalue weighted by Crippen LogP contribution is 2.36. The number of carbonyl (C=O) groups is 2. The monoisotopic (exact) mass is 425 g/mol. The molecular formula is C17H20BrN3O5. The maximum Gasteiger partial charge on any atom is 0.410 e. The average Bonchev–Trinajstić information content (AvgIpc) is 3.10. The van der Waals surface area contributed by atoms with E-state index < -0.39 is 16.6 Å². The standard InChI is InChI=1S/C17H20BrN3O5/c1-17(2,3)26-16(23)19-5-4-11(8-19)20-9-13-12(15(20)22)6-10(18)7-14(13)21(24)25/h6-7,11H,4-5,8-9H2,1-3H3. The zero-order valence-electron chi connectivity index (χ0n) is 14.8. The zero-order valence-corrected chi connectivity index (χ0v) is 16.4. The molecule has 0 aromatic heterocycles. The SMILES string of the molecule is CC(C)(C)OC(=O)N1CCC(N2Cc3c(cc(Br)cc3[N+](=O)[O-])C2=O)C1. The Morgan fingerprint density at radius 1 is 1.38 bits per heavy atom. The summed E-state index contributed by atoms with van der Waals surface area (Å²) < 4.78 is 5.88. The first-order valence-corrected chi connectivity index (χ1v) is 9.12. The Bertz CT molecular complexity index is 789. The van der Waals surface area contributed by atoms with E-state index >= 15 is 0 Å². The molecule has 2 aliphatic heterocycles. The van der Waals surface area contributed by atoms with Crippen LogP contribution < -0.4 is 0 Å². The van der Waals surface area contributed by atoms with Crippen LogP contribution in [-0.2, 0) is 11.3 Å². The number of hydrogen-bond acceptors (Lipinski definition) is 5. The second-order valence-electron chi connectivity index (χ2n) is 7.51. The molecule has 1 fully saturated rings. The number of nitrogens with zero attached hydrogens (tertiary/aromatic N) is 3. The molecular weight excluding hydrogens is 406 g/mol. The summed E-state index contributed by atoms with van der Waals surface area (Å²) in [6.07, 6.45) is 0.214. The predicted octanol–water partition coefficient (Wildman–Crippen LogP) is 3.32. The van der Waals surface area contributed by atoms with E-state index in [2.05, 4.69) is 15.9 Å². The summed E-state index contributed by atoms with van der Waals surface area (Å²) in [5, 5.41) is 11.3. The van der Waals surface area contributed by atoms with Crippen LogP contribution >= 0.6 is 15.9 Å². The lowest BCUT2D eigenvalue weighted by molar-refractivity contribution is -0.385. The number of halogens is 1. The molecule has 0 N–H and O–H groups in total. The quantitative estimate of drug-likeness (QED) is 0.534.